The van der Waals surface area contributed by atoms with Gasteiger partial charge in [-0.3, -0.25) is 4.79 Å². The van der Waals surface area contributed by atoms with E-state index in [1.54, 1.807) is 0 Å². The quantitative estimate of drug-likeness (QED) is 0.627. The number of aromatic nitrogens is 4. The molecule has 1 saturated heterocycles. The molecule has 0 radical (unpaired) electrons. The van der Waals surface area contributed by atoms with Crippen LogP contribution in [0.4, 0.5) is 5.82 Å². The largest absolute Gasteiger partial charge is 0.356 e. The number of anilines is 1. The minimum absolute atomic E-state index is 0.0630. The highest BCUT2D eigenvalue weighted by atomic mass is 16.1. The van der Waals surface area contributed by atoms with E-state index in [4.69, 9.17) is 9.97 Å². The van der Waals surface area contributed by atoms with Gasteiger partial charge in [0.1, 0.15) is 11.6 Å². The first-order chi connectivity index (χ1) is 15.7. The van der Waals surface area contributed by atoms with Gasteiger partial charge in [0, 0.05) is 60.7 Å². The topological polar surface area (TPSA) is 86.8 Å². The van der Waals surface area contributed by atoms with Crippen molar-refractivity contribution in [3.05, 3.63) is 59.3 Å². The maximum Gasteiger partial charge on any atom is 0.223 e. The molecule has 1 aromatic carbocycles. The van der Waals surface area contributed by atoms with Crippen molar-refractivity contribution in [2.75, 3.05) is 24.5 Å². The van der Waals surface area contributed by atoms with Gasteiger partial charge in [0.25, 0.3) is 0 Å². The summed E-state index contributed by atoms with van der Waals surface area (Å²) in [5.74, 6) is 3.04. The van der Waals surface area contributed by atoms with Crippen molar-refractivity contribution in [3.63, 3.8) is 0 Å². The summed E-state index contributed by atoms with van der Waals surface area (Å²) in [6.07, 6.45) is 7.47. The van der Waals surface area contributed by atoms with E-state index < -0.39 is 0 Å². The average Bonchev–Trinajstić information content (AvgIpc) is 3.48. The number of benzene rings is 1. The SMILES string of the molecule is Cc1cnc(CCNC(=O)C2CCN(c3nc(-c4ccccc4)nc4c3CCC4)CC2)[nH]1. The summed E-state index contributed by atoms with van der Waals surface area (Å²) < 4.78 is 0. The van der Waals surface area contributed by atoms with Crippen LogP contribution in [0.25, 0.3) is 11.4 Å². The summed E-state index contributed by atoms with van der Waals surface area (Å²) in [4.78, 5) is 32.4. The van der Waals surface area contributed by atoms with Gasteiger partial charge in [-0.25, -0.2) is 15.0 Å². The maximum absolute atomic E-state index is 12.7. The number of amides is 1. The Balaban J connectivity index is 1.22. The smallest absolute Gasteiger partial charge is 0.223 e. The molecule has 166 valence electrons. The molecule has 7 heteroatoms. The Labute approximate surface area is 188 Å². The lowest BCUT2D eigenvalue weighted by Crippen LogP contribution is -2.41. The van der Waals surface area contributed by atoms with Crippen LogP contribution in [0.5, 0.6) is 0 Å². The van der Waals surface area contributed by atoms with Crippen LogP contribution in [-0.4, -0.2) is 45.5 Å². The zero-order valence-corrected chi connectivity index (χ0v) is 18.6. The van der Waals surface area contributed by atoms with Crippen LogP contribution in [0.1, 0.15) is 42.0 Å². The van der Waals surface area contributed by atoms with E-state index in [1.807, 2.05) is 31.3 Å². The number of aromatic amines is 1. The number of imidazole rings is 1. The van der Waals surface area contributed by atoms with E-state index in [2.05, 4.69) is 32.3 Å². The van der Waals surface area contributed by atoms with Gasteiger partial charge in [-0.05, 0) is 39.0 Å². The molecule has 0 spiro atoms. The molecule has 1 fully saturated rings. The highest BCUT2D eigenvalue weighted by molar-refractivity contribution is 5.79. The number of carbonyl (C=O) groups is 1. The molecule has 0 atom stereocenters. The number of aryl methyl sites for hydroxylation is 2. The summed E-state index contributed by atoms with van der Waals surface area (Å²) in [5.41, 5.74) is 4.61. The number of fused-ring (bicyclic) bond motifs is 1. The second kappa shape index (κ2) is 9.10. The third-order valence-electron chi connectivity index (χ3n) is 6.53. The zero-order valence-electron chi connectivity index (χ0n) is 18.6. The molecule has 0 saturated carbocycles. The van der Waals surface area contributed by atoms with E-state index in [0.29, 0.717) is 6.54 Å². The molecule has 2 aliphatic rings. The second-order valence-corrected chi connectivity index (χ2v) is 8.83. The summed E-state index contributed by atoms with van der Waals surface area (Å²) in [5, 5.41) is 3.09. The van der Waals surface area contributed by atoms with Crippen LogP contribution in [0.15, 0.2) is 36.5 Å². The van der Waals surface area contributed by atoms with Gasteiger partial charge in [0.15, 0.2) is 5.82 Å². The van der Waals surface area contributed by atoms with Gasteiger partial charge in [0.05, 0.1) is 0 Å². The summed E-state index contributed by atoms with van der Waals surface area (Å²) >= 11 is 0. The number of hydrogen-bond acceptors (Lipinski definition) is 5. The fraction of sp³-hybridized carbons (Fsp3) is 0.440. The number of piperidine rings is 1. The maximum atomic E-state index is 12.7. The van der Waals surface area contributed by atoms with Crippen LogP contribution in [0.3, 0.4) is 0 Å². The van der Waals surface area contributed by atoms with Gasteiger partial charge >= 0.3 is 0 Å². The van der Waals surface area contributed by atoms with E-state index in [-0.39, 0.29) is 11.8 Å². The Bertz CT molecular complexity index is 1090. The molecule has 1 aliphatic heterocycles. The summed E-state index contributed by atoms with van der Waals surface area (Å²) in [6, 6.07) is 10.2. The molecule has 32 heavy (non-hydrogen) atoms. The van der Waals surface area contributed by atoms with Crippen molar-refractivity contribution in [2.45, 2.75) is 45.4 Å². The summed E-state index contributed by atoms with van der Waals surface area (Å²) in [6.45, 7) is 4.31. The second-order valence-electron chi connectivity index (χ2n) is 8.83. The van der Waals surface area contributed by atoms with E-state index in [9.17, 15) is 4.79 Å². The van der Waals surface area contributed by atoms with Crippen molar-refractivity contribution in [1.29, 1.82) is 0 Å². The third kappa shape index (κ3) is 4.38. The van der Waals surface area contributed by atoms with Gasteiger partial charge < -0.3 is 15.2 Å². The Morgan fingerprint density at radius 2 is 1.97 bits per heavy atom. The molecular weight excluding hydrogens is 400 g/mol. The highest BCUT2D eigenvalue weighted by Gasteiger charge is 2.29. The highest BCUT2D eigenvalue weighted by Crippen LogP contribution is 2.33. The first-order valence-electron chi connectivity index (χ1n) is 11.7. The van der Waals surface area contributed by atoms with Crippen molar-refractivity contribution in [3.8, 4) is 11.4 Å². The van der Waals surface area contributed by atoms with Gasteiger partial charge in [-0.2, -0.15) is 0 Å². The molecule has 7 nitrogen and oxygen atoms in total. The minimum atomic E-state index is 0.0630. The number of nitrogens with one attached hydrogen (secondary N) is 2. The molecule has 1 amide bonds. The fourth-order valence-electron chi connectivity index (χ4n) is 4.79. The van der Waals surface area contributed by atoms with Crippen molar-refractivity contribution in [1.82, 2.24) is 25.3 Å². The lowest BCUT2D eigenvalue weighted by Gasteiger charge is -2.33. The van der Waals surface area contributed by atoms with Crippen LogP contribution in [0.2, 0.25) is 0 Å². The van der Waals surface area contributed by atoms with Crippen LogP contribution in [0, 0.1) is 12.8 Å². The third-order valence-corrected chi connectivity index (χ3v) is 6.53. The molecule has 0 bridgehead atoms. The molecule has 3 aromatic rings. The predicted octanol–water partition coefficient (Wildman–Crippen LogP) is 3.24. The zero-order chi connectivity index (χ0) is 21.9. The molecule has 0 unspecified atom stereocenters. The molecular formula is C25H30N6O. The Morgan fingerprint density at radius 1 is 1.16 bits per heavy atom. The molecule has 3 heterocycles. The molecule has 5 rings (SSSR count). The normalized spacial score (nSPS) is 16.2. The fourth-order valence-corrected chi connectivity index (χ4v) is 4.79. The number of carbonyl (C=O) groups excluding carboxylic acids is 1. The Morgan fingerprint density at radius 3 is 2.72 bits per heavy atom. The minimum Gasteiger partial charge on any atom is -0.356 e. The molecule has 1 aliphatic carbocycles. The van der Waals surface area contributed by atoms with Crippen molar-refractivity contribution >= 4 is 11.7 Å². The Kier molecular flexibility index (Phi) is 5.88. The number of H-pyrrole nitrogens is 1. The lowest BCUT2D eigenvalue weighted by molar-refractivity contribution is -0.125. The average molecular weight is 431 g/mol. The van der Waals surface area contributed by atoms with Crippen LogP contribution >= 0.6 is 0 Å². The van der Waals surface area contributed by atoms with Crippen molar-refractivity contribution < 1.29 is 4.79 Å². The number of nitrogens with zero attached hydrogens (tertiary/aromatic N) is 4. The van der Waals surface area contributed by atoms with Gasteiger partial charge in [-0.1, -0.05) is 30.3 Å². The van der Waals surface area contributed by atoms with E-state index >= 15 is 0 Å². The van der Waals surface area contributed by atoms with Gasteiger partial charge in [0.2, 0.25) is 5.91 Å². The number of rotatable bonds is 6. The number of hydrogen-bond donors (Lipinski definition) is 2. The predicted molar refractivity (Wildman–Crippen MR) is 124 cm³/mol. The molecule has 2 aromatic heterocycles. The van der Waals surface area contributed by atoms with Crippen molar-refractivity contribution in [2.24, 2.45) is 5.92 Å². The first kappa shape index (κ1) is 20.7. The summed E-state index contributed by atoms with van der Waals surface area (Å²) in [7, 11) is 0. The first-order valence-corrected chi connectivity index (χ1v) is 11.7. The van der Waals surface area contributed by atoms with Crippen LogP contribution in [-0.2, 0) is 24.1 Å². The van der Waals surface area contributed by atoms with E-state index in [1.165, 1.54) is 11.3 Å². The Hall–Kier alpha value is -3.22. The van der Waals surface area contributed by atoms with Crippen LogP contribution < -0.4 is 10.2 Å². The van der Waals surface area contributed by atoms with Gasteiger partial charge in [-0.15, -0.1) is 0 Å². The monoisotopic (exact) mass is 430 g/mol. The molecule has 2 N–H and O–H groups in total. The van der Waals surface area contributed by atoms with E-state index in [0.717, 1.165) is 80.3 Å². The standard InChI is InChI=1S/C25H30N6O/c1-17-16-27-22(28-17)10-13-26-25(32)19-11-14-31(15-12-19)24-20-8-5-9-21(20)29-23(30-24)18-6-3-2-4-7-18/h2-4,6-7,16,19H,5,8-15H2,1H3,(H,26,32)(H,27,28). The lowest BCUT2D eigenvalue weighted by atomic mass is 9.95.